The molecule has 0 unspecified atom stereocenters. The predicted octanol–water partition coefficient (Wildman–Crippen LogP) is 0.629. The van der Waals surface area contributed by atoms with E-state index in [1.165, 1.54) is 0 Å². The Labute approximate surface area is 90.3 Å². The number of hydrogen-bond acceptors (Lipinski definition) is 4. The molecular formula is C10H20N2O3. The molecule has 0 bridgehead atoms. The maximum Gasteiger partial charge on any atom is 0.408 e. The Bertz CT molecular complexity index is 231. The zero-order valence-corrected chi connectivity index (χ0v) is 9.63. The summed E-state index contributed by atoms with van der Waals surface area (Å²) in [7, 11) is 0. The topological polar surface area (TPSA) is 73.6 Å². The lowest BCUT2D eigenvalue weighted by atomic mass is 9.98. The minimum Gasteiger partial charge on any atom is -0.444 e. The van der Waals surface area contributed by atoms with Gasteiger partial charge in [-0.15, -0.1) is 0 Å². The zero-order valence-electron chi connectivity index (χ0n) is 9.63. The Balaban J connectivity index is 2.42. The fourth-order valence-electron chi connectivity index (χ4n) is 1.15. The summed E-state index contributed by atoms with van der Waals surface area (Å²) in [5, 5.41) is 2.76. The van der Waals surface area contributed by atoms with Gasteiger partial charge < -0.3 is 20.5 Å². The van der Waals surface area contributed by atoms with Crippen molar-refractivity contribution in [1.82, 2.24) is 5.32 Å². The third-order valence-electron chi connectivity index (χ3n) is 2.74. The molecule has 0 aliphatic carbocycles. The molecular weight excluding hydrogens is 196 g/mol. The van der Waals surface area contributed by atoms with Gasteiger partial charge in [-0.3, -0.25) is 0 Å². The molecule has 1 rings (SSSR count). The van der Waals surface area contributed by atoms with Gasteiger partial charge in [0.25, 0.3) is 0 Å². The first-order valence-electron chi connectivity index (χ1n) is 5.22. The summed E-state index contributed by atoms with van der Waals surface area (Å²) in [5.74, 6) is 0. The molecule has 0 aromatic heterocycles. The zero-order chi connectivity index (χ0) is 11.5. The fourth-order valence-corrected chi connectivity index (χ4v) is 1.15. The molecule has 0 atom stereocenters. The van der Waals surface area contributed by atoms with Crippen molar-refractivity contribution in [3.05, 3.63) is 0 Å². The average Bonchev–Trinajstić information content (AvgIpc) is 2.11. The maximum atomic E-state index is 11.5. The van der Waals surface area contributed by atoms with Gasteiger partial charge in [-0.25, -0.2) is 4.79 Å². The third kappa shape index (κ3) is 3.07. The number of nitrogens with one attached hydrogen (secondary N) is 1. The van der Waals surface area contributed by atoms with Gasteiger partial charge in [-0.1, -0.05) is 6.92 Å². The maximum absolute atomic E-state index is 11.5. The highest BCUT2D eigenvalue weighted by atomic mass is 16.6. The number of carbonyl (C=O) groups excluding carboxylic acids is 1. The van der Waals surface area contributed by atoms with E-state index in [1.54, 1.807) is 0 Å². The molecule has 5 heteroatoms. The number of hydrogen-bond donors (Lipinski definition) is 2. The van der Waals surface area contributed by atoms with Crippen LogP contribution in [0.3, 0.4) is 0 Å². The van der Waals surface area contributed by atoms with E-state index in [2.05, 4.69) is 5.32 Å². The Kier molecular flexibility index (Phi) is 3.57. The second-order valence-corrected chi connectivity index (χ2v) is 4.61. The van der Waals surface area contributed by atoms with E-state index in [0.29, 0.717) is 19.8 Å². The number of alkyl carbamates (subject to hydrolysis) is 1. The Morgan fingerprint density at radius 1 is 1.60 bits per heavy atom. The molecule has 0 saturated carbocycles. The van der Waals surface area contributed by atoms with Crippen molar-refractivity contribution in [3.63, 3.8) is 0 Å². The molecule has 1 heterocycles. The van der Waals surface area contributed by atoms with Gasteiger partial charge in [0.05, 0.1) is 13.2 Å². The lowest BCUT2D eigenvalue weighted by molar-refractivity contribution is -0.0718. The summed E-state index contributed by atoms with van der Waals surface area (Å²) in [4.78, 5) is 11.5. The summed E-state index contributed by atoms with van der Waals surface area (Å²) < 4.78 is 10.3. The third-order valence-corrected chi connectivity index (χ3v) is 2.74. The molecule has 0 aromatic rings. The molecule has 88 valence electrons. The molecule has 1 aliphatic heterocycles. The smallest absolute Gasteiger partial charge is 0.408 e. The van der Waals surface area contributed by atoms with Gasteiger partial charge in [-0.05, 0) is 20.3 Å². The van der Waals surface area contributed by atoms with Gasteiger partial charge in [0, 0.05) is 6.54 Å². The second kappa shape index (κ2) is 4.37. The Hall–Kier alpha value is -0.810. The van der Waals surface area contributed by atoms with Crippen LogP contribution in [-0.2, 0) is 9.47 Å². The minimum atomic E-state index is -0.440. The molecule has 1 saturated heterocycles. The summed E-state index contributed by atoms with van der Waals surface area (Å²) in [6, 6.07) is 0. The molecule has 1 amide bonds. The molecule has 0 aromatic carbocycles. The number of nitrogens with two attached hydrogens (primary N) is 1. The number of amides is 1. The Morgan fingerprint density at radius 2 is 2.20 bits per heavy atom. The summed E-state index contributed by atoms with van der Waals surface area (Å²) >= 11 is 0. The van der Waals surface area contributed by atoms with Gasteiger partial charge in [0.2, 0.25) is 0 Å². The van der Waals surface area contributed by atoms with Crippen molar-refractivity contribution >= 4 is 6.09 Å². The first-order chi connectivity index (χ1) is 6.93. The summed E-state index contributed by atoms with van der Waals surface area (Å²) in [5.41, 5.74) is 4.71. The first kappa shape index (κ1) is 12.3. The van der Waals surface area contributed by atoms with Crippen LogP contribution in [0.5, 0.6) is 0 Å². The first-order valence-corrected chi connectivity index (χ1v) is 5.22. The lowest BCUT2D eigenvalue weighted by Gasteiger charge is -2.41. The van der Waals surface area contributed by atoms with E-state index in [0.717, 1.165) is 6.42 Å². The van der Waals surface area contributed by atoms with Crippen LogP contribution in [0.15, 0.2) is 0 Å². The molecule has 0 radical (unpaired) electrons. The standard InChI is InChI=1S/C10H20N2O3/c1-4-9(2,3)15-8(13)12-10(5-11)6-14-7-10/h4-7,11H2,1-3H3,(H,12,13). The highest BCUT2D eigenvalue weighted by Crippen LogP contribution is 2.18. The minimum absolute atomic E-state index is 0.370. The van der Waals surface area contributed by atoms with Crippen LogP contribution in [0.2, 0.25) is 0 Å². The monoisotopic (exact) mass is 216 g/mol. The molecule has 3 N–H and O–H groups in total. The van der Waals surface area contributed by atoms with Crippen LogP contribution in [0, 0.1) is 0 Å². The molecule has 5 nitrogen and oxygen atoms in total. The molecule has 0 spiro atoms. The van der Waals surface area contributed by atoms with Gasteiger partial charge in [-0.2, -0.15) is 0 Å². The van der Waals surface area contributed by atoms with Crippen molar-refractivity contribution in [2.45, 2.75) is 38.3 Å². The Morgan fingerprint density at radius 3 is 2.53 bits per heavy atom. The predicted molar refractivity (Wildman–Crippen MR) is 56.6 cm³/mol. The average molecular weight is 216 g/mol. The second-order valence-electron chi connectivity index (χ2n) is 4.61. The molecule has 15 heavy (non-hydrogen) atoms. The van der Waals surface area contributed by atoms with E-state index in [9.17, 15) is 4.79 Å². The van der Waals surface area contributed by atoms with E-state index in [-0.39, 0.29) is 0 Å². The van der Waals surface area contributed by atoms with Crippen molar-refractivity contribution in [1.29, 1.82) is 0 Å². The van der Waals surface area contributed by atoms with Crippen molar-refractivity contribution in [2.75, 3.05) is 19.8 Å². The summed E-state index contributed by atoms with van der Waals surface area (Å²) in [6.07, 6.45) is 0.350. The lowest BCUT2D eigenvalue weighted by Crippen LogP contribution is -2.66. The quantitative estimate of drug-likeness (QED) is 0.723. The molecule has 1 fully saturated rings. The van der Waals surface area contributed by atoms with Gasteiger partial charge in [0.1, 0.15) is 11.1 Å². The highest BCUT2D eigenvalue weighted by Gasteiger charge is 2.40. The van der Waals surface area contributed by atoms with Crippen molar-refractivity contribution in [2.24, 2.45) is 5.73 Å². The van der Waals surface area contributed by atoms with Crippen LogP contribution in [0.4, 0.5) is 4.79 Å². The van der Waals surface area contributed by atoms with Crippen LogP contribution in [-0.4, -0.2) is 37.0 Å². The summed E-state index contributed by atoms with van der Waals surface area (Å²) in [6.45, 7) is 7.02. The molecule has 1 aliphatic rings. The normalized spacial score (nSPS) is 19.2. The van der Waals surface area contributed by atoms with Crippen molar-refractivity contribution < 1.29 is 14.3 Å². The SMILES string of the molecule is CCC(C)(C)OC(=O)NC1(CN)COC1. The van der Waals surface area contributed by atoms with Crippen LogP contribution < -0.4 is 11.1 Å². The van der Waals surface area contributed by atoms with E-state index >= 15 is 0 Å². The van der Waals surface area contributed by atoms with Gasteiger partial charge >= 0.3 is 6.09 Å². The van der Waals surface area contributed by atoms with E-state index < -0.39 is 17.2 Å². The number of carbonyl (C=O) groups is 1. The van der Waals surface area contributed by atoms with Gasteiger partial charge in [0.15, 0.2) is 0 Å². The van der Waals surface area contributed by atoms with Crippen LogP contribution >= 0.6 is 0 Å². The number of rotatable bonds is 4. The van der Waals surface area contributed by atoms with Crippen LogP contribution in [0.1, 0.15) is 27.2 Å². The fraction of sp³-hybridized carbons (Fsp3) is 0.900. The highest BCUT2D eigenvalue weighted by molar-refractivity contribution is 5.69. The van der Waals surface area contributed by atoms with Crippen LogP contribution in [0.25, 0.3) is 0 Å². The van der Waals surface area contributed by atoms with E-state index in [4.69, 9.17) is 15.2 Å². The van der Waals surface area contributed by atoms with E-state index in [1.807, 2.05) is 20.8 Å². The largest absolute Gasteiger partial charge is 0.444 e. The van der Waals surface area contributed by atoms with Crippen molar-refractivity contribution in [3.8, 4) is 0 Å². The number of ether oxygens (including phenoxy) is 2.